The highest BCUT2D eigenvalue weighted by Crippen LogP contribution is 2.21. The molecule has 1 rings (SSSR count). The molecule has 0 aliphatic heterocycles. The Bertz CT molecular complexity index is 503. The van der Waals surface area contributed by atoms with Crippen LogP contribution in [0.15, 0.2) is 16.0 Å². The maximum absolute atomic E-state index is 11.6. The number of ether oxygens (including phenoxy) is 1. The minimum atomic E-state index is -0.397. The number of carbonyl (C=O) groups excluding carboxylic acids is 1. The van der Waals surface area contributed by atoms with Crippen molar-refractivity contribution in [2.24, 2.45) is 0 Å². The van der Waals surface area contributed by atoms with Gasteiger partial charge in [-0.2, -0.15) is 11.8 Å². The highest BCUT2D eigenvalue weighted by molar-refractivity contribution is 8.00. The fourth-order valence-electron chi connectivity index (χ4n) is 1.34. The molecule has 1 aromatic heterocycles. The van der Waals surface area contributed by atoms with Crippen LogP contribution in [0, 0.1) is 0 Å². The molecule has 1 heterocycles. The normalized spacial score (nSPS) is 12.4. The quantitative estimate of drug-likeness (QED) is 0.473. The molecule has 0 radical (unpaired) electrons. The van der Waals surface area contributed by atoms with Crippen LogP contribution in [0.5, 0.6) is 0 Å². The maximum Gasteiger partial charge on any atom is 0.319 e. The Morgan fingerprint density at radius 3 is 2.75 bits per heavy atom. The lowest BCUT2D eigenvalue weighted by molar-refractivity contribution is -0.142. The van der Waals surface area contributed by atoms with Gasteiger partial charge in [0, 0.05) is 11.8 Å². The highest BCUT2D eigenvalue weighted by atomic mass is 32.2. The van der Waals surface area contributed by atoms with Crippen molar-refractivity contribution in [3.63, 3.8) is 0 Å². The number of nitrogens with zero attached hydrogens (tertiary/aromatic N) is 1. The van der Waals surface area contributed by atoms with E-state index in [9.17, 15) is 9.59 Å². The molecule has 0 bridgehead atoms. The van der Waals surface area contributed by atoms with E-state index < -0.39 is 5.25 Å². The van der Waals surface area contributed by atoms with Crippen LogP contribution in [0.2, 0.25) is 0 Å². The summed E-state index contributed by atoms with van der Waals surface area (Å²) in [6.07, 6.45) is 0. The summed E-state index contributed by atoms with van der Waals surface area (Å²) in [6.45, 7) is 8.03. The Hall–Kier alpha value is -0.950. The summed E-state index contributed by atoms with van der Waals surface area (Å²) in [5.41, 5.74) is 0.531. The number of thioether (sulfide) groups is 2. The summed E-state index contributed by atoms with van der Waals surface area (Å²) < 4.78 is 4.93. The van der Waals surface area contributed by atoms with Crippen molar-refractivity contribution < 1.29 is 9.53 Å². The predicted molar refractivity (Wildman–Crippen MR) is 83.2 cm³/mol. The van der Waals surface area contributed by atoms with E-state index in [1.54, 1.807) is 25.6 Å². The number of H-pyrrole nitrogens is 1. The number of nitrogens with one attached hydrogen (secondary N) is 1. The van der Waals surface area contributed by atoms with Gasteiger partial charge in [0.1, 0.15) is 5.25 Å². The fraction of sp³-hybridized carbons (Fsp3) is 0.615. The zero-order valence-corrected chi connectivity index (χ0v) is 13.8. The molecule has 0 amide bonds. The lowest BCUT2D eigenvalue weighted by Crippen LogP contribution is -2.18. The summed E-state index contributed by atoms with van der Waals surface area (Å²) in [4.78, 5) is 30.2. The summed E-state index contributed by atoms with van der Waals surface area (Å²) in [7, 11) is 0. The SMILES string of the molecule is CCOC(=O)C(C)Sc1nc(CSC(C)C)cc(=O)[nH]1. The lowest BCUT2D eigenvalue weighted by Gasteiger charge is -2.10. The summed E-state index contributed by atoms with van der Waals surface area (Å²) in [6, 6.07) is 1.49. The first kappa shape index (κ1) is 17.1. The molecular weight excluding hydrogens is 296 g/mol. The van der Waals surface area contributed by atoms with Gasteiger partial charge in [0.05, 0.1) is 12.3 Å². The molecule has 0 aliphatic rings. The molecule has 1 aromatic rings. The third kappa shape index (κ3) is 6.00. The van der Waals surface area contributed by atoms with Gasteiger partial charge in [0.2, 0.25) is 0 Å². The number of carbonyl (C=O) groups is 1. The molecule has 1 unspecified atom stereocenters. The van der Waals surface area contributed by atoms with E-state index in [1.165, 1.54) is 17.8 Å². The molecule has 112 valence electrons. The Labute approximate surface area is 127 Å². The maximum atomic E-state index is 11.6. The van der Waals surface area contributed by atoms with E-state index in [1.807, 2.05) is 0 Å². The molecule has 1 N–H and O–H groups in total. The van der Waals surface area contributed by atoms with E-state index in [0.717, 1.165) is 5.69 Å². The van der Waals surface area contributed by atoms with Crippen LogP contribution in [-0.2, 0) is 15.3 Å². The van der Waals surface area contributed by atoms with Crippen molar-refractivity contribution in [1.29, 1.82) is 0 Å². The van der Waals surface area contributed by atoms with Gasteiger partial charge in [-0.05, 0) is 19.1 Å². The first-order valence-electron chi connectivity index (χ1n) is 6.47. The van der Waals surface area contributed by atoms with E-state index >= 15 is 0 Å². The van der Waals surface area contributed by atoms with Crippen molar-refractivity contribution in [2.75, 3.05) is 6.61 Å². The minimum absolute atomic E-state index is 0.196. The van der Waals surface area contributed by atoms with Crippen LogP contribution in [0.25, 0.3) is 0 Å². The molecule has 0 fully saturated rings. The summed E-state index contributed by atoms with van der Waals surface area (Å²) >= 11 is 2.92. The highest BCUT2D eigenvalue weighted by Gasteiger charge is 2.17. The second-order valence-corrected chi connectivity index (χ2v) is 7.31. The van der Waals surface area contributed by atoms with Gasteiger partial charge in [-0.15, -0.1) is 0 Å². The van der Waals surface area contributed by atoms with Gasteiger partial charge in [-0.3, -0.25) is 9.59 Å². The zero-order valence-electron chi connectivity index (χ0n) is 12.1. The average molecular weight is 316 g/mol. The van der Waals surface area contributed by atoms with Crippen LogP contribution in [0.3, 0.4) is 0 Å². The third-order valence-corrected chi connectivity index (χ3v) is 4.34. The molecule has 20 heavy (non-hydrogen) atoms. The lowest BCUT2D eigenvalue weighted by atomic mass is 10.4. The Morgan fingerprint density at radius 1 is 1.45 bits per heavy atom. The molecule has 0 saturated heterocycles. The van der Waals surface area contributed by atoms with Gasteiger partial charge in [0.15, 0.2) is 5.16 Å². The number of aromatic nitrogens is 2. The molecule has 0 spiro atoms. The largest absolute Gasteiger partial charge is 0.465 e. The molecule has 0 aliphatic carbocycles. The monoisotopic (exact) mass is 316 g/mol. The van der Waals surface area contributed by atoms with Crippen molar-refractivity contribution in [3.8, 4) is 0 Å². The van der Waals surface area contributed by atoms with Gasteiger partial charge in [-0.25, -0.2) is 4.98 Å². The number of aromatic amines is 1. The van der Waals surface area contributed by atoms with E-state index in [0.29, 0.717) is 22.8 Å². The number of esters is 1. The van der Waals surface area contributed by atoms with Crippen molar-refractivity contribution >= 4 is 29.5 Å². The van der Waals surface area contributed by atoms with Gasteiger partial charge < -0.3 is 9.72 Å². The first-order valence-corrected chi connectivity index (χ1v) is 8.40. The van der Waals surface area contributed by atoms with Gasteiger partial charge >= 0.3 is 5.97 Å². The standard InChI is InChI=1S/C13H20N2O3S2/c1-5-18-12(17)9(4)20-13-14-10(6-11(16)15-13)7-19-8(2)3/h6,8-9H,5,7H2,1-4H3,(H,14,15,16). The summed E-state index contributed by atoms with van der Waals surface area (Å²) in [5, 5.41) is 0.536. The number of hydrogen-bond acceptors (Lipinski definition) is 6. The second kappa shape index (κ2) is 8.36. The van der Waals surface area contributed by atoms with E-state index in [-0.39, 0.29) is 11.5 Å². The fourth-order valence-corrected chi connectivity index (χ4v) is 2.82. The van der Waals surface area contributed by atoms with Gasteiger partial charge in [-0.1, -0.05) is 25.6 Å². The van der Waals surface area contributed by atoms with Crippen molar-refractivity contribution in [2.45, 2.75) is 49.1 Å². The van der Waals surface area contributed by atoms with Crippen LogP contribution in [0.1, 0.15) is 33.4 Å². The Morgan fingerprint density at radius 2 is 2.15 bits per heavy atom. The number of rotatable bonds is 7. The van der Waals surface area contributed by atoms with Crippen LogP contribution < -0.4 is 5.56 Å². The van der Waals surface area contributed by atoms with Gasteiger partial charge in [0.25, 0.3) is 5.56 Å². The third-order valence-electron chi connectivity index (χ3n) is 2.24. The van der Waals surface area contributed by atoms with E-state index in [4.69, 9.17) is 4.74 Å². The molecule has 0 saturated carbocycles. The van der Waals surface area contributed by atoms with Crippen LogP contribution in [0.4, 0.5) is 0 Å². The molecule has 1 atom stereocenters. The van der Waals surface area contributed by atoms with Crippen molar-refractivity contribution in [3.05, 3.63) is 22.1 Å². The molecule has 5 nitrogen and oxygen atoms in total. The average Bonchev–Trinajstić information content (AvgIpc) is 2.36. The molecule has 0 aromatic carbocycles. The van der Waals surface area contributed by atoms with E-state index in [2.05, 4.69) is 23.8 Å². The van der Waals surface area contributed by atoms with Crippen LogP contribution >= 0.6 is 23.5 Å². The van der Waals surface area contributed by atoms with Crippen molar-refractivity contribution in [1.82, 2.24) is 9.97 Å². The number of hydrogen-bond donors (Lipinski definition) is 1. The second-order valence-electron chi connectivity index (χ2n) is 4.41. The Balaban J connectivity index is 2.75. The summed E-state index contributed by atoms with van der Waals surface area (Å²) in [5.74, 6) is 0.380. The molecular formula is C13H20N2O3S2. The smallest absolute Gasteiger partial charge is 0.319 e. The molecule has 7 heteroatoms. The topological polar surface area (TPSA) is 72.0 Å². The zero-order chi connectivity index (χ0) is 15.1. The van der Waals surface area contributed by atoms with Crippen LogP contribution in [-0.4, -0.2) is 33.0 Å². The predicted octanol–water partition coefficient (Wildman–Crippen LogP) is 2.46. The Kier molecular flexibility index (Phi) is 7.15. The first-order chi connectivity index (χ1) is 9.42. The minimum Gasteiger partial charge on any atom is -0.465 e.